The van der Waals surface area contributed by atoms with E-state index in [1.165, 1.54) is 0 Å². The van der Waals surface area contributed by atoms with Crippen LogP contribution in [0.2, 0.25) is 0 Å². The Morgan fingerprint density at radius 3 is 3.18 bits per heavy atom. The van der Waals surface area contributed by atoms with E-state index in [0.717, 1.165) is 18.7 Å². The van der Waals surface area contributed by atoms with E-state index in [2.05, 4.69) is 10.6 Å². The highest BCUT2D eigenvalue weighted by Crippen LogP contribution is 2.18. The van der Waals surface area contributed by atoms with Crippen molar-refractivity contribution in [1.82, 2.24) is 10.6 Å². The minimum Gasteiger partial charge on any atom is -0.480 e. The molecule has 11 heavy (non-hydrogen) atoms. The minimum atomic E-state index is -0.797. The summed E-state index contributed by atoms with van der Waals surface area (Å²) in [5.74, 6) is -0.797. The van der Waals surface area contributed by atoms with Crippen molar-refractivity contribution < 1.29 is 9.90 Å². The van der Waals surface area contributed by atoms with Gasteiger partial charge in [-0.3, -0.25) is 10.1 Å². The zero-order valence-electron chi connectivity index (χ0n) is 6.00. The van der Waals surface area contributed by atoms with Gasteiger partial charge in [-0.25, -0.2) is 0 Å². The van der Waals surface area contributed by atoms with Crippen LogP contribution in [0.3, 0.4) is 0 Å². The highest BCUT2D eigenvalue weighted by atomic mass is 16.4. The summed E-state index contributed by atoms with van der Waals surface area (Å²) < 4.78 is 0. The van der Waals surface area contributed by atoms with Crippen molar-refractivity contribution in [1.29, 1.82) is 0 Å². The second-order valence-electron chi connectivity index (χ2n) is 2.87. The zero-order valence-corrected chi connectivity index (χ0v) is 6.00. The van der Waals surface area contributed by atoms with Crippen molar-refractivity contribution in [3.63, 3.8) is 0 Å². The quantitative estimate of drug-likeness (QED) is 0.467. The fourth-order valence-electron chi connectivity index (χ4n) is 1.57. The Kier molecular flexibility index (Phi) is 1.35. The molecule has 0 amide bonds. The highest BCUT2D eigenvalue weighted by Gasteiger charge is 2.32. The molecule has 0 saturated carbocycles. The van der Waals surface area contributed by atoms with E-state index < -0.39 is 12.0 Å². The summed E-state index contributed by atoms with van der Waals surface area (Å²) in [4.78, 5) is 10.5. The zero-order chi connectivity index (χ0) is 7.84. The lowest BCUT2D eigenvalue weighted by Gasteiger charge is -2.06. The molecule has 0 aromatic heterocycles. The van der Waals surface area contributed by atoms with Gasteiger partial charge >= 0.3 is 5.97 Å². The first-order chi connectivity index (χ1) is 5.27. The van der Waals surface area contributed by atoms with Crippen LogP contribution in [0.4, 0.5) is 0 Å². The van der Waals surface area contributed by atoms with Crippen molar-refractivity contribution in [2.75, 3.05) is 6.54 Å². The first-order valence-corrected chi connectivity index (χ1v) is 3.72. The topological polar surface area (TPSA) is 61.4 Å². The average Bonchev–Trinajstić information content (AvgIpc) is 2.40. The molecule has 4 heteroatoms. The Balaban J connectivity index is 2.13. The number of fused-ring (bicyclic) bond motifs is 1. The van der Waals surface area contributed by atoms with Crippen LogP contribution in [0.1, 0.15) is 6.42 Å². The van der Waals surface area contributed by atoms with E-state index in [1.807, 2.05) is 0 Å². The Morgan fingerprint density at radius 2 is 2.55 bits per heavy atom. The third-order valence-electron chi connectivity index (χ3n) is 2.13. The van der Waals surface area contributed by atoms with Crippen LogP contribution in [0.25, 0.3) is 0 Å². The molecule has 2 unspecified atom stereocenters. The molecular weight excluding hydrogens is 144 g/mol. The average molecular weight is 154 g/mol. The fraction of sp³-hybridized carbons (Fsp3) is 0.571. The van der Waals surface area contributed by atoms with E-state index in [0.29, 0.717) is 0 Å². The van der Waals surface area contributed by atoms with Gasteiger partial charge in [-0.1, -0.05) is 0 Å². The van der Waals surface area contributed by atoms with Gasteiger partial charge in [0.2, 0.25) is 0 Å². The van der Waals surface area contributed by atoms with Crippen LogP contribution in [0.5, 0.6) is 0 Å². The lowest BCUT2D eigenvalue weighted by Crippen LogP contribution is -2.36. The van der Waals surface area contributed by atoms with Gasteiger partial charge in [0.25, 0.3) is 0 Å². The SMILES string of the molecule is O=C(O)C1C=C2NCCC2N1. The molecule has 1 fully saturated rings. The van der Waals surface area contributed by atoms with E-state index in [-0.39, 0.29) is 6.04 Å². The summed E-state index contributed by atoms with van der Waals surface area (Å²) in [6, 6.07) is -0.223. The number of hydrogen-bond acceptors (Lipinski definition) is 3. The number of carboxylic acid groups (broad SMARTS) is 1. The largest absolute Gasteiger partial charge is 0.480 e. The number of hydrogen-bond donors (Lipinski definition) is 3. The first kappa shape index (κ1) is 6.67. The predicted molar refractivity (Wildman–Crippen MR) is 39.1 cm³/mol. The smallest absolute Gasteiger partial charge is 0.324 e. The van der Waals surface area contributed by atoms with Crippen molar-refractivity contribution in [2.24, 2.45) is 0 Å². The van der Waals surface area contributed by atoms with Gasteiger partial charge in [-0.15, -0.1) is 0 Å². The van der Waals surface area contributed by atoms with Crippen LogP contribution >= 0.6 is 0 Å². The van der Waals surface area contributed by atoms with Crippen molar-refractivity contribution in [3.8, 4) is 0 Å². The van der Waals surface area contributed by atoms with Crippen LogP contribution < -0.4 is 10.6 Å². The summed E-state index contributed by atoms with van der Waals surface area (Å²) in [5, 5.41) is 14.8. The molecule has 0 aliphatic carbocycles. The van der Waals surface area contributed by atoms with Gasteiger partial charge in [0.05, 0.1) is 0 Å². The van der Waals surface area contributed by atoms with E-state index in [4.69, 9.17) is 5.11 Å². The maximum absolute atomic E-state index is 10.5. The third-order valence-corrected chi connectivity index (χ3v) is 2.13. The predicted octanol–water partition coefficient (Wildman–Crippen LogP) is -0.711. The van der Waals surface area contributed by atoms with Crippen LogP contribution in [-0.2, 0) is 4.79 Å². The Morgan fingerprint density at radius 1 is 1.73 bits per heavy atom. The molecule has 0 aromatic carbocycles. The number of nitrogens with one attached hydrogen (secondary N) is 2. The second kappa shape index (κ2) is 2.23. The molecule has 2 aliphatic rings. The second-order valence-corrected chi connectivity index (χ2v) is 2.87. The fourth-order valence-corrected chi connectivity index (χ4v) is 1.57. The van der Waals surface area contributed by atoms with Crippen LogP contribution in [0.15, 0.2) is 11.8 Å². The molecule has 0 spiro atoms. The molecule has 2 rings (SSSR count). The van der Waals surface area contributed by atoms with Gasteiger partial charge in [0, 0.05) is 18.3 Å². The van der Waals surface area contributed by atoms with Crippen LogP contribution in [-0.4, -0.2) is 29.7 Å². The maximum atomic E-state index is 10.5. The summed E-state index contributed by atoms with van der Waals surface area (Å²) in [5.41, 5.74) is 1.05. The van der Waals surface area contributed by atoms with Gasteiger partial charge in [-0.05, 0) is 12.5 Å². The van der Waals surface area contributed by atoms with Gasteiger partial charge < -0.3 is 10.4 Å². The first-order valence-electron chi connectivity index (χ1n) is 3.72. The summed E-state index contributed by atoms with van der Waals surface area (Å²) in [6.45, 7) is 0.954. The number of carbonyl (C=O) groups is 1. The molecule has 0 bridgehead atoms. The Bertz CT molecular complexity index is 224. The molecule has 4 nitrogen and oxygen atoms in total. The van der Waals surface area contributed by atoms with Gasteiger partial charge in [0.1, 0.15) is 6.04 Å². The number of carboxylic acids is 1. The van der Waals surface area contributed by atoms with Gasteiger partial charge in [-0.2, -0.15) is 0 Å². The van der Waals surface area contributed by atoms with Crippen molar-refractivity contribution >= 4 is 5.97 Å². The van der Waals surface area contributed by atoms with E-state index in [1.54, 1.807) is 6.08 Å². The number of aliphatic carboxylic acids is 1. The van der Waals surface area contributed by atoms with Crippen molar-refractivity contribution in [2.45, 2.75) is 18.5 Å². The number of rotatable bonds is 1. The third kappa shape index (κ3) is 0.991. The molecular formula is C7H10N2O2. The Hall–Kier alpha value is -1.03. The molecule has 3 N–H and O–H groups in total. The van der Waals surface area contributed by atoms with Gasteiger partial charge in [0.15, 0.2) is 0 Å². The molecule has 2 aliphatic heterocycles. The van der Waals surface area contributed by atoms with E-state index >= 15 is 0 Å². The summed E-state index contributed by atoms with van der Waals surface area (Å²) in [6.07, 6.45) is 2.75. The standard InChI is InChI=1S/C7H10N2O2/c10-7(11)6-3-5-4(9-6)1-2-8-5/h3-4,6,8-9H,1-2H2,(H,10,11). The summed E-state index contributed by atoms with van der Waals surface area (Å²) in [7, 11) is 0. The molecule has 60 valence electrons. The molecule has 0 radical (unpaired) electrons. The lowest BCUT2D eigenvalue weighted by molar-refractivity contribution is -0.138. The highest BCUT2D eigenvalue weighted by molar-refractivity contribution is 5.77. The van der Waals surface area contributed by atoms with E-state index in [9.17, 15) is 4.79 Å². The molecule has 2 atom stereocenters. The summed E-state index contributed by atoms with van der Waals surface area (Å²) >= 11 is 0. The normalized spacial score (nSPS) is 34.4. The molecule has 2 heterocycles. The minimum absolute atomic E-state index is 0.260. The monoisotopic (exact) mass is 154 g/mol. The Labute approximate surface area is 64.3 Å². The maximum Gasteiger partial charge on any atom is 0.324 e. The van der Waals surface area contributed by atoms with Crippen molar-refractivity contribution in [3.05, 3.63) is 11.8 Å². The molecule has 1 saturated heterocycles. The molecule has 0 aromatic rings. The van der Waals surface area contributed by atoms with Crippen LogP contribution in [0, 0.1) is 0 Å². The lowest BCUT2D eigenvalue weighted by atomic mass is 10.2.